The zero-order valence-corrected chi connectivity index (χ0v) is 17.0. The number of hydrogen-bond donors (Lipinski definition) is 0. The second kappa shape index (κ2) is 8.29. The zero-order chi connectivity index (χ0) is 19.5. The SMILES string of the molecule is COc1ccc(-c2nnc(N(C(=O)c3cccc(Cl)c3)C3CCCC3)s2)cc1. The molecule has 1 fully saturated rings. The lowest BCUT2D eigenvalue weighted by molar-refractivity contribution is 0.0976. The third kappa shape index (κ3) is 3.88. The van der Waals surface area contributed by atoms with Crippen molar-refractivity contribution in [2.45, 2.75) is 31.7 Å². The zero-order valence-electron chi connectivity index (χ0n) is 15.5. The first-order chi connectivity index (χ1) is 13.7. The maximum Gasteiger partial charge on any atom is 0.260 e. The van der Waals surface area contributed by atoms with Crippen molar-refractivity contribution in [3.63, 3.8) is 0 Å². The maximum atomic E-state index is 13.3. The summed E-state index contributed by atoms with van der Waals surface area (Å²) in [5, 5.41) is 10.6. The topological polar surface area (TPSA) is 55.3 Å². The van der Waals surface area contributed by atoms with E-state index in [9.17, 15) is 4.79 Å². The summed E-state index contributed by atoms with van der Waals surface area (Å²) in [6, 6.07) is 14.9. The summed E-state index contributed by atoms with van der Waals surface area (Å²) in [5.41, 5.74) is 1.52. The Hall–Kier alpha value is -2.44. The van der Waals surface area contributed by atoms with Gasteiger partial charge in [0.05, 0.1) is 7.11 Å². The van der Waals surface area contributed by atoms with E-state index >= 15 is 0 Å². The van der Waals surface area contributed by atoms with Crippen molar-refractivity contribution in [1.29, 1.82) is 0 Å². The highest BCUT2D eigenvalue weighted by atomic mass is 35.5. The molecule has 0 radical (unpaired) electrons. The van der Waals surface area contributed by atoms with E-state index in [1.807, 2.05) is 29.2 Å². The van der Waals surface area contributed by atoms with Gasteiger partial charge in [-0.3, -0.25) is 9.69 Å². The Morgan fingerprint density at radius 1 is 1.14 bits per heavy atom. The molecule has 0 unspecified atom stereocenters. The predicted molar refractivity (Wildman–Crippen MR) is 112 cm³/mol. The molecule has 1 heterocycles. The minimum absolute atomic E-state index is 0.0770. The molecule has 0 aliphatic heterocycles. The average Bonchev–Trinajstić information content (AvgIpc) is 3.41. The monoisotopic (exact) mass is 413 g/mol. The van der Waals surface area contributed by atoms with Crippen LogP contribution in [0.15, 0.2) is 48.5 Å². The number of hydrogen-bond acceptors (Lipinski definition) is 5. The molecule has 3 aromatic rings. The number of halogens is 1. The van der Waals surface area contributed by atoms with Gasteiger partial charge in [0.15, 0.2) is 0 Å². The van der Waals surface area contributed by atoms with Crippen LogP contribution in [0.3, 0.4) is 0 Å². The van der Waals surface area contributed by atoms with Crippen molar-refractivity contribution in [1.82, 2.24) is 10.2 Å². The molecule has 1 aromatic heterocycles. The molecule has 5 nitrogen and oxygen atoms in total. The molecule has 0 N–H and O–H groups in total. The standard InChI is InChI=1S/C21H20ClN3O2S/c1-27-18-11-9-14(10-12-18)19-23-24-21(28-19)25(17-7-2-3-8-17)20(26)15-5-4-6-16(22)13-15/h4-6,9-13,17H,2-3,7-8H2,1H3. The molecule has 0 bridgehead atoms. The number of nitrogens with zero attached hydrogens (tertiary/aromatic N) is 3. The number of methoxy groups -OCH3 is 1. The van der Waals surface area contributed by atoms with Gasteiger partial charge in [0.1, 0.15) is 10.8 Å². The molecule has 1 aliphatic rings. The number of benzene rings is 2. The smallest absolute Gasteiger partial charge is 0.260 e. The van der Waals surface area contributed by atoms with Crippen LogP contribution in [0.4, 0.5) is 5.13 Å². The van der Waals surface area contributed by atoms with Gasteiger partial charge in [-0.05, 0) is 55.3 Å². The molecule has 28 heavy (non-hydrogen) atoms. The van der Waals surface area contributed by atoms with Gasteiger partial charge < -0.3 is 4.74 Å². The summed E-state index contributed by atoms with van der Waals surface area (Å²) in [6.07, 6.45) is 4.19. The molecular formula is C21H20ClN3O2S. The summed E-state index contributed by atoms with van der Waals surface area (Å²) in [6.45, 7) is 0. The molecule has 1 aliphatic carbocycles. The number of carbonyl (C=O) groups is 1. The molecular weight excluding hydrogens is 394 g/mol. The van der Waals surface area contributed by atoms with Crippen LogP contribution in [0, 0.1) is 0 Å². The summed E-state index contributed by atoms with van der Waals surface area (Å²) >= 11 is 7.53. The largest absolute Gasteiger partial charge is 0.497 e. The van der Waals surface area contributed by atoms with Gasteiger partial charge in [0, 0.05) is 22.2 Å². The second-order valence-corrected chi connectivity index (χ2v) is 8.13. The van der Waals surface area contributed by atoms with E-state index < -0.39 is 0 Å². The fourth-order valence-corrected chi connectivity index (χ4v) is 4.61. The fourth-order valence-electron chi connectivity index (χ4n) is 3.50. The van der Waals surface area contributed by atoms with E-state index in [1.54, 1.807) is 31.4 Å². The van der Waals surface area contributed by atoms with Crippen molar-refractivity contribution in [2.75, 3.05) is 12.0 Å². The third-order valence-electron chi connectivity index (χ3n) is 4.94. The van der Waals surface area contributed by atoms with E-state index in [1.165, 1.54) is 11.3 Å². The maximum absolute atomic E-state index is 13.3. The Bertz CT molecular complexity index is 968. The van der Waals surface area contributed by atoms with Gasteiger partial charge in [-0.25, -0.2) is 0 Å². The van der Waals surface area contributed by atoms with E-state index in [4.69, 9.17) is 16.3 Å². The Morgan fingerprint density at radius 3 is 2.57 bits per heavy atom. The first-order valence-electron chi connectivity index (χ1n) is 9.23. The number of ether oxygens (including phenoxy) is 1. The van der Waals surface area contributed by atoms with Gasteiger partial charge in [-0.15, -0.1) is 10.2 Å². The van der Waals surface area contributed by atoms with Crippen molar-refractivity contribution < 1.29 is 9.53 Å². The minimum atomic E-state index is -0.0770. The van der Waals surface area contributed by atoms with E-state index in [-0.39, 0.29) is 11.9 Å². The highest BCUT2D eigenvalue weighted by molar-refractivity contribution is 7.18. The van der Waals surface area contributed by atoms with Crippen molar-refractivity contribution >= 4 is 34.0 Å². The minimum Gasteiger partial charge on any atom is -0.497 e. The lowest BCUT2D eigenvalue weighted by Gasteiger charge is -2.26. The highest BCUT2D eigenvalue weighted by Gasteiger charge is 2.31. The number of rotatable bonds is 5. The Kier molecular flexibility index (Phi) is 5.59. The van der Waals surface area contributed by atoms with Crippen LogP contribution in [-0.4, -0.2) is 29.3 Å². The summed E-state index contributed by atoms with van der Waals surface area (Å²) in [4.78, 5) is 15.1. The summed E-state index contributed by atoms with van der Waals surface area (Å²) in [5.74, 6) is 0.712. The van der Waals surface area contributed by atoms with Crippen molar-refractivity contribution in [2.24, 2.45) is 0 Å². The fraction of sp³-hybridized carbons (Fsp3) is 0.286. The third-order valence-corrected chi connectivity index (χ3v) is 6.14. The summed E-state index contributed by atoms with van der Waals surface area (Å²) < 4.78 is 5.21. The molecule has 0 saturated heterocycles. The van der Waals surface area contributed by atoms with Crippen LogP contribution < -0.4 is 9.64 Å². The van der Waals surface area contributed by atoms with Gasteiger partial charge in [-0.2, -0.15) is 0 Å². The first kappa shape index (κ1) is 18.9. The van der Waals surface area contributed by atoms with E-state index in [2.05, 4.69) is 10.2 Å². The molecule has 1 saturated carbocycles. The number of carbonyl (C=O) groups excluding carboxylic acids is 1. The molecule has 2 aromatic carbocycles. The van der Waals surface area contributed by atoms with Gasteiger partial charge >= 0.3 is 0 Å². The quantitative estimate of drug-likeness (QED) is 0.557. The summed E-state index contributed by atoms with van der Waals surface area (Å²) in [7, 11) is 1.64. The van der Waals surface area contributed by atoms with Gasteiger partial charge in [0.2, 0.25) is 5.13 Å². The molecule has 144 valence electrons. The second-order valence-electron chi connectivity index (χ2n) is 6.74. The number of aromatic nitrogens is 2. The molecule has 0 spiro atoms. The number of anilines is 1. The Labute approximate surface area is 172 Å². The lowest BCUT2D eigenvalue weighted by atomic mass is 10.1. The predicted octanol–water partition coefficient (Wildman–Crippen LogP) is 5.46. The lowest BCUT2D eigenvalue weighted by Crippen LogP contribution is -2.39. The Morgan fingerprint density at radius 2 is 1.89 bits per heavy atom. The van der Waals surface area contributed by atoms with Crippen LogP contribution in [0.1, 0.15) is 36.0 Å². The molecule has 1 amide bonds. The van der Waals surface area contributed by atoms with Crippen LogP contribution in [0.5, 0.6) is 5.75 Å². The molecule has 4 rings (SSSR count). The van der Waals surface area contributed by atoms with Crippen LogP contribution in [0.25, 0.3) is 10.6 Å². The van der Waals surface area contributed by atoms with Gasteiger partial charge in [0.25, 0.3) is 5.91 Å². The normalized spacial score (nSPS) is 14.2. The van der Waals surface area contributed by atoms with Crippen molar-refractivity contribution in [3.8, 4) is 16.3 Å². The van der Waals surface area contributed by atoms with E-state index in [0.717, 1.165) is 42.0 Å². The average molecular weight is 414 g/mol. The van der Waals surface area contributed by atoms with Crippen LogP contribution >= 0.6 is 22.9 Å². The Balaban J connectivity index is 1.67. The molecule has 7 heteroatoms. The molecule has 0 atom stereocenters. The highest BCUT2D eigenvalue weighted by Crippen LogP contribution is 2.35. The van der Waals surface area contributed by atoms with Crippen LogP contribution in [0.2, 0.25) is 5.02 Å². The van der Waals surface area contributed by atoms with Crippen LogP contribution in [-0.2, 0) is 0 Å². The van der Waals surface area contributed by atoms with Gasteiger partial charge in [-0.1, -0.05) is 41.8 Å². The van der Waals surface area contributed by atoms with E-state index in [0.29, 0.717) is 15.7 Å². The first-order valence-corrected chi connectivity index (χ1v) is 10.4. The van der Waals surface area contributed by atoms with Crippen molar-refractivity contribution in [3.05, 3.63) is 59.1 Å². The number of amides is 1.